The van der Waals surface area contributed by atoms with E-state index in [1.807, 2.05) is 6.07 Å². The second kappa shape index (κ2) is 4.43. The van der Waals surface area contributed by atoms with Crippen LogP contribution in [0.5, 0.6) is 17.2 Å². The van der Waals surface area contributed by atoms with E-state index in [2.05, 4.69) is 0 Å². The lowest BCUT2D eigenvalue weighted by atomic mass is 9.88. The average molecular weight is 239 g/mol. The van der Waals surface area contributed by atoms with Crippen molar-refractivity contribution in [2.24, 2.45) is 5.73 Å². The third-order valence-electron chi connectivity index (χ3n) is 2.96. The van der Waals surface area contributed by atoms with Crippen molar-refractivity contribution in [2.75, 3.05) is 34.5 Å². The summed E-state index contributed by atoms with van der Waals surface area (Å²) in [6.45, 7) is 0.970. The van der Waals surface area contributed by atoms with E-state index in [1.54, 1.807) is 27.4 Å². The van der Waals surface area contributed by atoms with Crippen LogP contribution in [-0.4, -0.2) is 34.5 Å². The zero-order valence-corrected chi connectivity index (χ0v) is 10.3. The van der Waals surface area contributed by atoms with Crippen molar-refractivity contribution in [3.8, 4) is 17.2 Å². The van der Waals surface area contributed by atoms with Gasteiger partial charge in [-0.15, -0.1) is 0 Å². The minimum absolute atomic E-state index is 0.485. The van der Waals surface area contributed by atoms with Crippen molar-refractivity contribution in [2.45, 2.75) is 5.54 Å². The summed E-state index contributed by atoms with van der Waals surface area (Å²) in [5.41, 5.74) is 6.60. The SMILES string of the molecule is COc1cc(OC)c(C2(N)COC2)cc1OC. The molecule has 1 aromatic rings. The monoisotopic (exact) mass is 239 g/mol. The second-order valence-electron chi connectivity index (χ2n) is 4.06. The highest BCUT2D eigenvalue weighted by Crippen LogP contribution is 2.41. The molecule has 0 aliphatic carbocycles. The first kappa shape index (κ1) is 12.0. The molecule has 2 N–H and O–H groups in total. The fraction of sp³-hybridized carbons (Fsp3) is 0.500. The second-order valence-corrected chi connectivity index (χ2v) is 4.06. The molecule has 0 radical (unpaired) electrons. The molecule has 0 atom stereocenters. The Balaban J connectivity index is 2.49. The molecule has 1 fully saturated rings. The third-order valence-corrected chi connectivity index (χ3v) is 2.96. The lowest BCUT2D eigenvalue weighted by Gasteiger charge is -2.39. The summed E-state index contributed by atoms with van der Waals surface area (Å²) in [6.07, 6.45) is 0. The van der Waals surface area contributed by atoms with E-state index < -0.39 is 5.54 Å². The molecule has 0 aromatic heterocycles. The summed E-state index contributed by atoms with van der Waals surface area (Å²) >= 11 is 0. The molecule has 1 saturated heterocycles. The van der Waals surface area contributed by atoms with Gasteiger partial charge in [0, 0.05) is 11.6 Å². The Morgan fingerprint density at radius 1 is 1.00 bits per heavy atom. The quantitative estimate of drug-likeness (QED) is 0.845. The number of ether oxygens (including phenoxy) is 4. The molecule has 0 amide bonds. The molecule has 1 aromatic carbocycles. The Morgan fingerprint density at radius 3 is 1.94 bits per heavy atom. The zero-order chi connectivity index (χ0) is 12.5. The lowest BCUT2D eigenvalue weighted by molar-refractivity contribution is -0.0579. The first-order chi connectivity index (χ1) is 8.14. The van der Waals surface area contributed by atoms with Crippen LogP contribution in [0.4, 0.5) is 0 Å². The number of benzene rings is 1. The summed E-state index contributed by atoms with van der Waals surface area (Å²) in [7, 11) is 4.78. The number of hydrogen-bond donors (Lipinski definition) is 1. The largest absolute Gasteiger partial charge is 0.496 e. The van der Waals surface area contributed by atoms with Crippen LogP contribution in [0.15, 0.2) is 12.1 Å². The first-order valence-corrected chi connectivity index (χ1v) is 5.31. The normalized spacial score (nSPS) is 17.2. The Labute approximate surface area is 100 Å². The van der Waals surface area contributed by atoms with Gasteiger partial charge in [-0.25, -0.2) is 0 Å². The Hall–Kier alpha value is -1.46. The highest BCUT2D eigenvalue weighted by molar-refractivity contribution is 5.53. The van der Waals surface area contributed by atoms with Crippen LogP contribution in [0.2, 0.25) is 0 Å². The van der Waals surface area contributed by atoms with Crippen molar-refractivity contribution in [1.29, 1.82) is 0 Å². The van der Waals surface area contributed by atoms with E-state index in [0.717, 1.165) is 5.56 Å². The fourth-order valence-electron chi connectivity index (χ4n) is 1.90. The van der Waals surface area contributed by atoms with Gasteiger partial charge in [-0.2, -0.15) is 0 Å². The maximum atomic E-state index is 6.21. The highest BCUT2D eigenvalue weighted by atomic mass is 16.5. The molecule has 94 valence electrons. The molecule has 0 saturated carbocycles. The minimum Gasteiger partial charge on any atom is -0.496 e. The molecule has 0 spiro atoms. The maximum Gasteiger partial charge on any atom is 0.164 e. The maximum absolute atomic E-state index is 6.21. The van der Waals surface area contributed by atoms with E-state index in [4.69, 9.17) is 24.7 Å². The van der Waals surface area contributed by atoms with Crippen LogP contribution < -0.4 is 19.9 Å². The van der Waals surface area contributed by atoms with Gasteiger partial charge in [-0.05, 0) is 6.07 Å². The fourth-order valence-corrected chi connectivity index (χ4v) is 1.90. The van der Waals surface area contributed by atoms with Gasteiger partial charge in [0.15, 0.2) is 11.5 Å². The average Bonchev–Trinajstić information content (AvgIpc) is 2.34. The number of hydrogen-bond acceptors (Lipinski definition) is 5. The van der Waals surface area contributed by atoms with E-state index in [1.165, 1.54) is 0 Å². The minimum atomic E-state index is -0.495. The number of rotatable bonds is 4. The highest BCUT2D eigenvalue weighted by Gasteiger charge is 2.39. The first-order valence-electron chi connectivity index (χ1n) is 5.31. The molecular weight excluding hydrogens is 222 g/mol. The molecule has 1 heterocycles. The molecule has 0 bridgehead atoms. The molecule has 1 aliphatic rings. The van der Waals surface area contributed by atoms with Crippen LogP contribution in [0.1, 0.15) is 5.56 Å². The summed E-state index contributed by atoms with van der Waals surface area (Å²) in [5.74, 6) is 1.95. The van der Waals surface area contributed by atoms with E-state index in [-0.39, 0.29) is 0 Å². The van der Waals surface area contributed by atoms with E-state index in [9.17, 15) is 0 Å². The van der Waals surface area contributed by atoms with Crippen molar-refractivity contribution in [1.82, 2.24) is 0 Å². The molecule has 0 unspecified atom stereocenters. The van der Waals surface area contributed by atoms with Gasteiger partial charge in [0.05, 0.1) is 40.1 Å². The predicted octanol–water partition coefficient (Wildman–Crippen LogP) is 0.897. The van der Waals surface area contributed by atoms with E-state index in [0.29, 0.717) is 30.5 Å². The van der Waals surface area contributed by atoms with Gasteiger partial charge < -0.3 is 24.7 Å². The molecule has 1 aliphatic heterocycles. The van der Waals surface area contributed by atoms with Crippen molar-refractivity contribution in [3.63, 3.8) is 0 Å². The van der Waals surface area contributed by atoms with Crippen LogP contribution in [0, 0.1) is 0 Å². The van der Waals surface area contributed by atoms with Gasteiger partial charge in [-0.3, -0.25) is 0 Å². The molecule has 5 nitrogen and oxygen atoms in total. The Bertz CT molecular complexity index is 415. The summed E-state index contributed by atoms with van der Waals surface area (Å²) in [4.78, 5) is 0. The number of nitrogens with two attached hydrogens (primary N) is 1. The Morgan fingerprint density at radius 2 is 1.53 bits per heavy atom. The topological polar surface area (TPSA) is 62.9 Å². The van der Waals surface area contributed by atoms with E-state index >= 15 is 0 Å². The van der Waals surface area contributed by atoms with Crippen LogP contribution in [-0.2, 0) is 10.3 Å². The predicted molar refractivity (Wildman–Crippen MR) is 62.8 cm³/mol. The number of methoxy groups -OCH3 is 3. The summed E-state index contributed by atoms with van der Waals surface area (Å²) < 4.78 is 21.0. The Kier molecular flexibility index (Phi) is 3.13. The third kappa shape index (κ3) is 1.92. The van der Waals surface area contributed by atoms with Gasteiger partial charge in [0.1, 0.15) is 5.75 Å². The van der Waals surface area contributed by atoms with Crippen molar-refractivity contribution in [3.05, 3.63) is 17.7 Å². The lowest BCUT2D eigenvalue weighted by Crippen LogP contribution is -2.54. The van der Waals surface area contributed by atoms with Gasteiger partial charge in [0.25, 0.3) is 0 Å². The molecule has 17 heavy (non-hydrogen) atoms. The van der Waals surface area contributed by atoms with Gasteiger partial charge in [0.2, 0.25) is 0 Å². The van der Waals surface area contributed by atoms with Crippen LogP contribution in [0.3, 0.4) is 0 Å². The van der Waals surface area contributed by atoms with Crippen molar-refractivity contribution < 1.29 is 18.9 Å². The van der Waals surface area contributed by atoms with Gasteiger partial charge >= 0.3 is 0 Å². The van der Waals surface area contributed by atoms with Crippen molar-refractivity contribution >= 4 is 0 Å². The summed E-state index contributed by atoms with van der Waals surface area (Å²) in [6, 6.07) is 3.63. The smallest absolute Gasteiger partial charge is 0.164 e. The standard InChI is InChI=1S/C12H17NO4/c1-14-9-5-11(16-3)10(15-2)4-8(9)12(13)6-17-7-12/h4-5H,6-7,13H2,1-3H3. The van der Waals surface area contributed by atoms with Gasteiger partial charge in [-0.1, -0.05) is 0 Å². The van der Waals surface area contributed by atoms with Crippen LogP contribution in [0.25, 0.3) is 0 Å². The summed E-state index contributed by atoms with van der Waals surface area (Å²) in [5, 5.41) is 0. The molecule has 5 heteroatoms. The molecular formula is C12H17NO4. The molecule has 2 rings (SSSR count). The van der Waals surface area contributed by atoms with Crippen LogP contribution >= 0.6 is 0 Å². The zero-order valence-electron chi connectivity index (χ0n) is 10.3.